The second-order valence-corrected chi connectivity index (χ2v) is 14.1. The maximum absolute atomic E-state index is 13.0. The van der Waals surface area contributed by atoms with Crippen molar-refractivity contribution in [2.45, 2.75) is 71.8 Å². The van der Waals surface area contributed by atoms with Crippen LogP contribution in [0.5, 0.6) is 5.88 Å². The van der Waals surface area contributed by atoms with Gasteiger partial charge in [-0.3, -0.25) is 19.0 Å². The molecule has 2 aromatic carbocycles. The van der Waals surface area contributed by atoms with E-state index in [-0.39, 0.29) is 23.7 Å². The highest BCUT2D eigenvalue weighted by molar-refractivity contribution is 6.36. The van der Waals surface area contributed by atoms with E-state index < -0.39 is 17.2 Å². The average molecular weight is 730 g/mol. The number of aromatic nitrogens is 3. The van der Waals surface area contributed by atoms with E-state index >= 15 is 0 Å². The minimum Gasteiger partial charge on any atom is -0.481 e. The fourth-order valence-corrected chi connectivity index (χ4v) is 7.19. The molecule has 1 aliphatic heterocycles. The molecule has 2 atom stereocenters. The molecule has 0 spiro atoms. The van der Waals surface area contributed by atoms with E-state index in [2.05, 4.69) is 37.5 Å². The Bertz CT molecular complexity index is 2100. The van der Waals surface area contributed by atoms with E-state index in [0.29, 0.717) is 29.1 Å². The molecule has 2 aromatic heterocycles. The van der Waals surface area contributed by atoms with Gasteiger partial charge in [-0.25, -0.2) is 9.78 Å². The fourth-order valence-electron chi connectivity index (χ4n) is 6.87. The summed E-state index contributed by atoms with van der Waals surface area (Å²) in [6, 6.07) is 13.4. The van der Waals surface area contributed by atoms with Crippen LogP contribution in [0.15, 0.2) is 58.3 Å². The zero-order valence-corrected chi connectivity index (χ0v) is 31.8. The average Bonchev–Trinajstić information content (AvgIpc) is 3.63. The number of nitrogens with one attached hydrogen (secondary N) is 2. The Kier molecular flexibility index (Phi) is 12.1. The number of pyridine rings is 1. The van der Waals surface area contributed by atoms with Gasteiger partial charge in [0.05, 0.1) is 23.4 Å². The van der Waals surface area contributed by atoms with Crippen molar-refractivity contribution in [3.63, 3.8) is 0 Å². The molecule has 2 N–H and O–H groups in total. The summed E-state index contributed by atoms with van der Waals surface area (Å²) >= 11 is 6.98. The molecular weight excluding hydrogens is 682 g/mol. The van der Waals surface area contributed by atoms with Gasteiger partial charge >= 0.3 is 5.69 Å². The van der Waals surface area contributed by atoms with Crippen molar-refractivity contribution in [1.82, 2.24) is 19.4 Å². The van der Waals surface area contributed by atoms with Gasteiger partial charge < -0.3 is 24.7 Å². The molecule has 4 aromatic rings. The molecule has 1 fully saturated rings. The molecule has 0 radical (unpaired) electrons. The molecule has 12 heteroatoms. The highest BCUT2D eigenvalue weighted by Crippen LogP contribution is 2.41. The first-order valence-corrected chi connectivity index (χ1v) is 18.1. The zero-order valence-electron chi connectivity index (χ0n) is 31.0. The number of fused-ring (bicyclic) bond motifs is 1. The lowest BCUT2D eigenvalue weighted by Crippen LogP contribution is -2.52. The first-order chi connectivity index (χ1) is 24.8. The van der Waals surface area contributed by atoms with Crippen molar-refractivity contribution < 1.29 is 19.1 Å². The van der Waals surface area contributed by atoms with E-state index in [0.717, 1.165) is 70.2 Å². The van der Waals surface area contributed by atoms with E-state index in [4.69, 9.17) is 26.1 Å². The quantitative estimate of drug-likeness (QED) is 0.208. The lowest BCUT2D eigenvalue weighted by Gasteiger charge is -2.38. The lowest BCUT2D eigenvalue weighted by molar-refractivity contribution is -0.146. The van der Waals surface area contributed by atoms with Crippen molar-refractivity contribution in [2.24, 2.45) is 20.0 Å². The molecule has 2 unspecified atom stereocenters. The van der Waals surface area contributed by atoms with Crippen LogP contribution in [0, 0.1) is 12.8 Å². The number of amides is 2. The molecule has 0 bridgehead atoms. The van der Waals surface area contributed by atoms with Crippen LogP contribution in [0.3, 0.4) is 0 Å². The summed E-state index contributed by atoms with van der Waals surface area (Å²) in [5.74, 6) is 0.709. The number of ether oxygens (including phenoxy) is 2. The third-order valence-corrected chi connectivity index (χ3v) is 10.7. The van der Waals surface area contributed by atoms with Gasteiger partial charge in [0.15, 0.2) is 0 Å². The number of rotatable bonds is 9. The first kappa shape index (κ1) is 38.5. The number of carbonyl (C=O) groups excluding carboxylic acids is 2. The lowest BCUT2D eigenvalue weighted by atomic mass is 9.87. The van der Waals surface area contributed by atoms with E-state index in [9.17, 15) is 19.2 Å². The third-order valence-electron chi connectivity index (χ3n) is 10.3. The second-order valence-electron chi connectivity index (χ2n) is 13.7. The van der Waals surface area contributed by atoms with Gasteiger partial charge in [-0.05, 0) is 73.8 Å². The Hall–Kier alpha value is -4.74. The van der Waals surface area contributed by atoms with Gasteiger partial charge in [0.25, 0.3) is 11.5 Å². The van der Waals surface area contributed by atoms with Crippen LogP contribution < -0.4 is 26.6 Å². The molecule has 0 saturated carbocycles. The third kappa shape index (κ3) is 8.00. The van der Waals surface area contributed by atoms with Crippen LogP contribution >= 0.6 is 11.6 Å². The largest absolute Gasteiger partial charge is 0.481 e. The number of morpholine rings is 1. The number of carbonyl (C=O) groups is 2. The smallest absolute Gasteiger partial charge is 0.330 e. The zero-order chi connectivity index (χ0) is 37.7. The van der Waals surface area contributed by atoms with Gasteiger partial charge in [0, 0.05) is 49.2 Å². The number of hydrogen-bond acceptors (Lipinski definition) is 7. The van der Waals surface area contributed by atoms with E-state index in [1.165, 1.54) is 36.8 Å². The molecule has 276 valence electrons. The fraction of sp³-hybridized carbons (Fsp3) is 0.425. The van der Waals surface area contributed by atoms with Crippen molar-refractivity contribution >= 4 is 29.1 Å². The maximum atomic E-state index is 13.0. The topological polar surface area (TPSA) is 134 Å². The standard InChI is InChI=1S/C29H27ClN4O4.C11H21NO2/c1-16-18(9-7-13-23(16)31-26(35)22-15-33(2)29(37)34(3)28(22)36)20-11-6-12-21(25(20)30)24-14-17-8-5-10-19(17)27(32-24)38-4;1-4-9(3)6-11(5-2)8-12-10(13)7-14-11/h6-7,9,11-15H,5,8,10H2,1-4H3,(H,31,35);9H,4-8H2,1-3H3,(H,12,13). The van der Waals surface area contributed by atoms with Crippen molar-refractivity contribution in [3.8, 4) is 28.3 Å². The molecule has 1 aliphatic carbocycles. The minimum absolute atomic E-state index is 0.0122. The number of halogens is 1. The number of hydrogen-bond donors (Lipinski definition) is 2. The molecule has 3 heterocycles. The molecule has 6 rings (SSSR count). The van der Waals surface area contributed by atoms with Crippen molar-refractivity contribution in [3.05, 3.63) is 96.8 Å². The summed E-state index contributed by atoms with van der Waals surface area (Å²) in [5.41, 5.74) is 5.47. The van der Waals surface area contributed by atoms with Gasteiger partial charge in [0.2, 0.25) is 11.8 Å². The van der Waals surface area contributed by atoms with Gasteiger partial charge in [-0.15, -0.1) is 0 Å². The van der Waals surface area contributed by atoms with Crippen LogP contribution in [0.1, 0.15) is 73.5 Å². The van der Waals surface area contributed by atoms with E-state index in [1.54, 1.807) is 13.2 Å². The molecule has 2 amide bonds. The van der Waals surface area contributed by atoms with Gasteiger partial charge in [-0.1, -0.05) is 69.1 Å². The number of methoxy groups -OCH3 is 1. The maximum Gasteiger partial charge on any atom is 0.330 e. The molecule has 52 heavy (non-hydrogen) atoms. The molecular formula is C40H48ClN5O6. The van der Waals surface area contributed by atoms with Crippen LogP contribution in [0.25, 0.3) is 22.4 Å². The predicted octanol–water partition coefficient (Wildman–Crippen LogP) is 6.24. The predicted molar refractivity (Wildman–Crippen MR) is 204 cm³/mol. The first-order valence-electron chi connectivity index (χ1n) is 17.8. The SMILES string of the molecule is CCC(C)CC1(CC)CNC(=O)CO1.COc1nc(-c2cccc(-c3cccc(NC(=O)c4cn(C)c(=O)n(C)c4=O)c3C)c2Cl)cc2c1CCC2. The summed E-state index contributed by atoms with van der Waals surface area (Å²) in [6.07, 6.45) is 7.45. The van der Waals surface area contributed by atoms with E-state index in [1.807, 2.05) is 37.3 Å². The summed E-state index contributed by atoms with van der Waals surface area (Å²) in [5, 5.41) is 6.25. The summed E-state index contributed by atoms with van der Waals surface area (Å²) in [4.78, 5) is 53.3. The second kappa shape index (κ2) is 16.3. The van der Waals surface area contributed by atoms with Crippen LogP contribution in [0.4, 0.5) is 5.69 Å². The minimum atomic E-state index is -0.660. The number of benzene rings is 2. The number of aryl methyl sites for hydroxylation is 2. The van der Waals surface area contributed by atoms with Gasteiger partial charge in [-0.2, -0.15) is 0 Å². The van der Waals surface area contributed by atoms with Crippen LogP contribution in [-0.2, 0) is 36.5 Å². The Morgan fingerprint density at radius 2 is 1.81 bits per heavy atom. The van der Waals surface area contributed by atoms with Gasteiger partial charge in [0.1, 0.15) is 12.2 Å². The Morgan fingerprint density at radius 1 is 1.10 bits per heavy atom. The molecule has 11 nitrogen and oxygen atoms in total. The highest BCUT2D eigenvalue weighted by atomic mass is 35.5. The van der Waals surface area contributed by atoms with Crippen molar-refractivity contribution in [1.29, 1.82) is 0 Å². The monoisotopic (exact) mass is 729 g/mol. The van der Waals surface area contributed by atoms with Crippen LogP contribution in [-0.4, -0.2) is 51.8 Å². The Balaban J connectivity index is 0.000000314. The normalized spacial score (nSPS) is 17.0. The Morgan fingerprint density at radius 3 is 2.48 bits per heavy atom. The van der Waals surface area contributed by atoms with Crippen molar-refractivity contribution in [2.75, 3.05) is 25.6 Å². The number of anilines is 1. The Labute approximate surface area is 309 Å². The van der Waals surface area contributed by atoms with Crippen LogP contribution in [0.2, 0.25) is 5.02 Å². The number of nitrogens with zero attached hydrogens (tertiary/aromatic N) is 3. The summed E-state index contributed by atoms with van der Waals surface area (Å²) in [6.45, 7) is 9.33. The summed E-state index contributed by atoms with van der Waals surface area (Å²) in [7, 11) is 4.47. The summed E-state index contributed by atoms with van der Waals surface area (Å²) < 4.78 is 13.4. The molecule has 2 aliphatic rings. The molecule has 1 saturated heterocycles. The highest BCUT2D eigenvalue weighted by Gasteiger charge is 2.35.